The number of halogens is 5. The van der Waals surface area contributed by atoms with Crippen molar-refractivity contribution < 1.29 is 22.7 Å². The van der Waals surface area contributed by atoms with Crippen LogP contribution in [-0.2, 0) is 11.8 Å². The summed E-state index contributed by atoms with van der Waals surface area (Å²) in [6, 6.07) is 9.69. The average molecular weight is 414 g/mol. The fourth-order valence-electron chi connectivity index (χ4n) is 3.49. The SMILES string of the molecule is Cc1ccc(F)cc1C(C)(C)CC(O)(Cc1ccc(C#N)cc1Cl)C(F)(F)F. The minimum atomic E-state index is -4.94. The quantitative estimate of drug-likeness (QED) is 0.623. The third kappa shape index (κ3) is 4.65. The number of rotatable bonds is 5. The fraction of sp³-hybridized carbons (Fsp3) is 0.381. The Bertz CT molecular complexity index is 918. The number of nitriles is 1. The minimum Gasteiger partial charge on any atom is -0.380 e. The van der Waals surface area contributed by atoms with Crippen LogP contribution in [0.1, 0.15) is 42.5 Å². The monoisotopic (exact) mass is 413 g/mol. The zero-order chi connectivity index (χ0) is 21.3. The average Bonchev–Trinajstić information content (AvgIpc) is 2.57. The molecule has 1 unspecified atom stereocenters. The van der Waals surface area contributed by atoms with Gasteiger partial charge in [-0.15, -0.1) is 0 Å². The van der Waals surface area contributed by atoms with Crippen molar-refractivity contribution in [1.29, 1.82) is 5.26 Å². The summed E-state index contributed by atoms with van der Waals surface area (Å²) in [7, 11) is 0. The molecule has 0 aliphatic rings. The second-order valence-electron chi connectivity index (χ2n) is 7.64. The Morgan fingerprint density at radius 3 is 2.29 bits per heavy atom. The molecule has 0 saturated carbocycles. The Kier molecular flexibility index (Phi) is 6.13. The summed E-state index contributed by atoms with van der Waals surface area (Å²) >= 11 is 6.02. The van der Waals surface area contributed by atoms with Crippen molar-refractivity contribution in [3.63, 3.8) is 0 Å². The van der Waals surface area contributed by atoms with Crippen molar-refractivity contribution in [3.05, 3.63) is 69.5 Å². The molecule has 0 heterocycles. The first-order valence-corrected chi connectivity index (χ1v) is 8.91. The summed E-state index contributed by atoms with van der Waals surface area (Å²) in [5.41, 5.74) is -2.96. The van der Waals surface area contributed by atoms with E-state index in [1.54, 1.807) is 6.92 Å². The Labute approximate surface area is 166 Å². The summed E-state index contributed by atoms with van der Waals surface area (Å²) < 4.78 is 55.3. The van der Waals surface area contributed by atoms with Crippen LogP contribution in [0.2, 0.25) is 5.02 Å². The first kappa shape index (κ1) is 22.2. The lowest BCUT2D eigenvalue weighted by Crippen LogP contribution is -2.51. The van der Waals surface area contributed by atoms with Crippen LogP contribution in [0.3, 0.4) is 0 Å². The smallest absolute Gasteiger partial charge is 0.380 e. The topological polar surface area (TPSA) is 44.0 Å². The van der Waals surface area contributed by atoms with Gasteiger partial charge in [-0.05, 0) is 59.7 Å². The Balaban J connectivity index is 2.46. The zero-order valence-corrected chi connectivity index (χ0v) is 16.4. The van der Waals surface area contributed by atoms with Crippen LogP contribution in [-0.4, -0.2) is 16.9 Å². The molecule has 0 bridgehead atoms. The van der Waals surface area contributed by atoms with E-state index in [-0.39, 0.29) is 16.1 Å². The Morgan fingerprint density at radius 2 is 1.75 bits per heavy atom. The molecule has 1 atom stereocenters. The number of hydrogen-bond acceptors (Lipinski definition) is 2. The maximum Gasteiger partial charge on any atom is 0.417 e. The van der Waals surface area contributed by atoms with E-state index in [0.29, 0.717) is 11.1 Å². The van der Waals surface area contributed by atoms with E-state index in [1.807, 2.05) is 6.07 Å². The lowest BCUT2D eigenvalue weighted by molar-refractivity contribution is -0.266. The van der Waals surface area contributed by atoms with Gasteiger partial charge >= 0.3 is 6.18 Å². The summed E-state index contributed by atoms with van der Waals surface area (Å²) in [5.74, 6) is -0.556. The van der Waals surface area contributed by atoms with E-state index < -0.39 is 35.9 Å². The molecule has 0 aromatic heterocycles. The van der Waals surface area contributed by atoms with Gasteiger partial charge in [-0.1, -0.05) is 37.6 Å². The van der Waals surface area contributed by atoms with Crippen molar-refractivity contribution in [2.24, 2.45) is 0 Å². The molecular formula is C21H20ClF4NO. The third-order valence-electron chi connectivity index (χ3n) is 4.86. The number of benzene rings is 2. The van der Waals surface area contributed by atoms with Crippen molar-refractivity contribution in [3.8, 4) is 6.07 Å². The van der Waals surface area contributed by atoms with Gasteiger partial charge < -0.3 is 5.11 Å². The molecule has 0 saturated heterocycles. The largest absolute Gasteiger partial charge is 0.417 e. The van der Waals surface area contributed by atoms with Crippen LogP contribution in [0.5, 0.6) is 0 Å². The van der Waals surface area contributed by atoms with Gasteiger partial charge in [-0.2, -0.15) is 18.4 Å². The fourth-order valence-corrected chi connectivity index (χ4v) is 3.74. The highest BCUT2D eigenvalue weighted by Crippen LogP contribution is 2.44. The number of aliphatic hydroxyl groups is 1. The minimum absolute atomic E-state index is 0.0264. The molecule has 28 heavy (non-hydrogen) atoms. The van der Waals surface area contributed by atoms with Gasteiger partial charge in [0.15, 0.2) is 5.60 Å². The van der Waals surface area contributed by atoms with Crippen LogP contribution in [0.4, 0.5) is 17.6 Å². The molecule has 0 spiro atoms. The molecular weight excluding hydrogens is 394 g/mol. The van der Waals surface area contributed by atoms with Gasteiger partial charge in [0.25, 0.3) is 0 Å². The normalized spacial score (nSPS) is 14.4. The highest BCUT2D eigenvalue weighted by molar-refractivity contribution is 6.31. The standard InChI is InChI=1S/C21H20ClF4NO/c1-13-4-7-16(23)9-17(13)19(2,3)12-20(28,21(24,25)26)10-15-6-5-14(11-27)8-18(15)22/h4-9,28H,10,12H2,1-3H3. The molecule has 0 aliphatic carbocycles. The summed E-state index contributed by atoms with van der Waals surface area (Å²) in [6.07, 6.45) is -6.41. The number of nitrogens with zero attached hydrogens (tertiary/aromatic N) is 1. The number of alkyl halides is 3. The maximum absolute atomic E-state index is 13.9. The van der Waals surface area contributed by atoms with Gasteiger partial charge in [0, 0.05) is 11.4 Å². The highest BCUT2D eigenvalue weighted by atomic mass is 35.5. The Morgan fingerprint density at radius 1 is 1.11 bits per heavy atom. The second-order valence-corrected chi connectivity index (χ2v) is 8.05. The van der Waals surface area contributed by atoms with E-state index in [1.165, 1.54) is 50.2 Å². The molecule has 2 rings (SSSR count). The van der Waals surface area contributed by atoms with Crippen LogP contribution >= 0.6 is 11.6 Å². The lowest BCUT2D eigenvalue weighted by atomic mass is 9.72. The van der Waals surface area contributed by atoms with Crippen molar-refractivity contribution in [2.45, 2.75) is 50.8 Å². The summed E-state index contributed by atoms with van der Waals surface area (Å²) in [5, 5.41) is 19.5. The van der Waals surface area contributed by atoms with Crippen molar-refractivity contribution in [1.82, 2.24) is 0 Å². The molecule has 2 nitrogen and oxygen atoms in total. The van der Waals surface area contributed by atoms with Crippen molar-refractivity contribution in [2.75, 3.05) is 0 Å². The van der Waals surface area contributed by atoms with Gasteiger partial charge in [-0.25, -0.2) is 4.39 Å². The van der Waals surface area contributed by atoms with Crippen LogP contribution in [0.15, 0.2) is 36.4 Å². The summed E-state index contributed by atoms with van der Waals surface area (Å²) in [4.78, 5) is 0. The number of hydrogen-bond donors (Lipinski definition) is 1. The second kappa shape index (κ2) is 7.73. The molecule has 2 aromatic rings. The molecule has 0 aliphatic heterocycles. The molecule has 2 aromatic carbocycles. The van der Waals surface area contributed by atoms with Crippen LogP contribution < -0.4 is 0 Å². The molecule has 1 N–H and O–H groups in total. The van der Waals surface area contributed by atoms with Crippen molar-refractivity contribution >= 4 is 11.6 Å². The summed E-state index contributed by atoms with van der Waals surface area (Å²) in [6.45, 7) is 4.75. The third-order valence-corrected chi connectivity index (χ3v) is 5.21. The first-order chi connectivity index (χ1) is 12.8. The predicted octanol–water partition coefficient (Wildman–Crippen LogP) is 5.86. The molecule has 0 amide bonds. The van der Waals surface area contributed by atoms with E-state index in [9.17, 15) is 22.7 Å². The molecule has 7 heteroatoms. The maximum atomic E-state index is 13.9. The van der Waals surface area contributed by atoms with E-state index >= 15 is 0 Å². The first-order valence-electron chi connectivity index (χ1n) is 8.53. The van der Waals surface area contributed by atoms with Gasteiger partial charge in [0.2, 0.25) is 0 Å². The molecule has 150 valence electrons. The van der Waals surface area contributed by atoms with E-state index in [2.05, 4.69) is 0 Å². The van der Waals surface area contributed by atoms with E-state index in [0.717, 1.165) is 0 Å². The highest BCUT2D eigenvalue weighted by Gasteiger charge is 2.56. The van der Waals surface area contributed by atoms with Crippen LogP contribution in [0.25, 0.3) is 0 Å². The van der Waals surface area contributed by atoms with Gasteiger partial charge in [0.05, 0.1) is 11.6 Å². The predicted molar refractivity (Wildman–Crippen MR) is 99.7 cm³/mol. The zero-order valence-electron chi connectivity index (χ0n) is 15.7. The van der Waals surface area contributed by atoms with E-state index in [4.69, 9.17) is 16.9 Å². The number of aryl methyl sites for hydroxylation is 1. The van der Waals surface area contributed by atoms with Gasteiger partial charge in [0.1, 0.15) is 5.82 Å². The molecule has 0 radical (unpaired) electrons. The van der Waals surface area contributed by atoms with Gasteiger partial charge in [-0.3, -0.25) is 0 Å². The molecule has 0 fully saturated rings. The Hall–Kier alpha value is -2.10. The lowest BCUT2D eigenvalue weighted by Gasteiger charge is -2.39. The van der Waals surface area contributed by atoms with Crippen LogP contribution in [0, 0.1) is 24.1 Å².